The summed E-state index contributed by atoms with van der Waals surface area (Å²) in [4.78, 5) is 49.1. The van der Waals surface area contributed by atoms with Crippen LogP contribution >= 0.6 is 11.8 Å². The van der Waals surface area contributed by atoms with Gasteiger partial charge in [0.1, 0.15) is 11.9 Å². The Morgan fingerprint density at radius 1 is 1.08 bits per heavy atom. The van der Waals surface area contributed by atoms with E-state index < -0.39 is 6.04 Å². The number of H-pyrrole nitrogens is 1. The van der Waals surface area contributed by atoms with Crippen molar-refractivity contribution in [3.8, 4) is 0 Å². The molecular weight excluding hydrogens is 502 g/mol. The summed E-state index contributed by atoms with van der Waals surface area (Å²) in [5, 5.41) is 12.8. The molecule has 1 aromatic heterocycles. The molecule has 5 rings (SSSR count). The molecule has 3 aromatic rings. The summed E-state index contributed by atoms with van der Waals surface area (Å²) in [7, 11) is 0. The first-order valence-electron chi connectivity index (χ1n) is 12.3. The van der Waals surface area contributed by atoms with Gasteiger partial charge in [-0.3, -0.25) is 24.5 Å². The van der Waals surface area contributed by atoms with E-state index in [0.29, 0.717) is 29.1 Å². The zero-order valence-corrected chi connectivity index (χ0v) is 21.6. The van der Waals surface area contributed by atoms with Crippen LogP contribution in [0.3, 0.4) is 0 Å². The number of aliphatic imine (C=N–C) groups is 2. The van der Waals surface area contributed by atoms with Gasteiger partial charge in [-0.15, -0.1) is 0 Å². The third-order valence-electron chi connectivity index (χ3n) is 6.08. The first-order chi connectivity index (χ1) is 18.5. The number of anilines is 1. The number of carbonyl (C=O) groups excluding carboxylic acids is 3. The van der Waals surface area contributed by atoms with Crippen molar-refractivity contribution in [2.45, 2.75) is 32.2 Å². The van der Waals surface area contributed by atoms with Crippen molar-refractivity contribution in [1.82, 2.24) is 20.4 Å². The van der Waals surface area contributed by atoms with Crippen LogP contribution in [-0.2, 0) is 20.8 Å². The molecule has 0 saturated heterocycles. The summed E-state index contributed by atoms with van der Waals surface area (Å²) >= 11 is 1.16. The molecule has 2 aliphatic rings. The summed E-state index contributed by atoms with van der Waals surface area (Å²) in [6.07, 6.45) is 1.21. The highest BCUT2D eigenvalue weighted by atomic mass is 32.2. The van der Waals surface area contributed by atoms with Crippen molar-refractivity contribution in [3.63, 3.8) is 0 Å². The van der Waals surface area contributed by atoms with Crippen LogP contribution in [0.4, 0.5) is 11.5 Å². The second-order valence-corrected chi connectivity index (χ2v) is 9.89. The molecule has 3 N–H and O–H groups in total. The largest absolute Gasteiger partial charge is 0.356 e. The number of amidine groups is 2. The maximum Gasteiger partial charge on any atom is 0.259 e. The minimum absolute atomic E-state index is 0.0401. The lowest BCUT2D eigenvalue weighted by Gasteiger charge is -2.25. The fraction of sp³-hybridized carbons (Fsp3) is 0.259. The standard InChI is InChI=1S/C27H27N7O3S/c1-17-15-22(33-32-17)31-24(36)16-38-27-30-20-10-6-5-9-19(20)25-29-21(26(37)34(25)27)11-12-23(35)28-14-13-18-7-3-2-4-8-18/h2-10,15,21H,11-14,16H2,1H3,(H,28,35)(H2,31,32,33,36). The van der Waals surface area contributed by atoms with Gasteiger partial charge in [0.2, 0.25) is 11.8 Å². The number of aryl methyl sites for hydroxylation is 1. The van der Waals surface area contributed by atoms with Gasteiger partial charge in [-0.1, -0.05) is 54.2 Å². The average molecular weight is 530 g/mol. The van der Waals surface area contributed by atoms with Crippen LogP contribution in [0.15, 0.2) is 70.6 Å². The van der Waals surface area contributed by atoms with Gasteiger partial charge >= 0.3 is 0 Å². The fourth-order valence-electron chi connectivity index (χ4n) is 4.23. The van der Waals surface area contributed by atoms with E-state index in [9.17, 15) is 14.4 Å². The molecule has 10 nitrogen and oxygen atoms in total. The zero-order chi connectivity index (χ0) is 26.5. The van der Waals surface area contributed by atoms with Crippen LogP contribution in [0.1, 0.15) is 29.7 Å². The van der Waals surface area contributed by atoms with E-state index in [1.807, 2.05) is 61.5 Å². The molecule has 0 radical (unpaired) electrons. The minimum atomic E-state index is -0.692. The van der Waals surface area contributed by atoms with Crippen LogP contribution in [0.5, 0.6) is 0 Å². The number of hydrogen-bond donors (Lipinski definition) is 3. The number of benzene rings is 2. The van der Waals surface area contributed by atoms with E-state index in [-0.39, 0.29) is 36.3 Å². The van der Waals surface area contributed by atoms with E-state index in [1.54, 1.807) is 6.07 Å². The number of aromatic nitrogens is 2. The van der Waals surface area contributed by atoms with Gasteiger partial charge in [0, 0.05) is 30.3 Å². The number of para-hydroxylation sites is 1. The zero-order valence-electron chi connectivity index (χ0n) is 20.8. The lowest BCUT2D eigenvalue weighted by Crippen LogP contribution is -2.41. The molecule has 3 amide bonds. The molecule has 1 atom stereocenters. The van der Waals surface area contributed by atoms with Gasteiger partial charge in [-0.25, -0.2) is 9.89 Å². The number of rotatable bonds is 9. The Bertz CT molecular complexity index is 1420. The van der Waals surface area contributed by atoms with Gasteiger partial charge in [0.15, 0.2) is 11.0 Å². The van der Waals surface area contributed by atoms with Crippen LogP contribution < -0.4 is 10.6 Å². The molecule has 11 heteroatoms. The van der Waals surface area contributed by atoms with E-state index in [0.717, 1.165) is 35.0 Å². The number of hydrogen-bond acceptors (Lipinski definition) is 7. The molecule has 2 aliphatic heterocycles. The number of nitrogens with zero attached hydrogens (tertiary/aromatic N) is 4. The lowest BCUT2D eigenvalue weighted by atomic mass is 10.1. The highest BCUT2D eigenvalue weighted by molar-refractivity contribution is 8.14. The molecule has 2 aromatic carbocycles. The maximum atomic E-state index is 13.4. The molecule has 0 bridgehead atoms. The van der Waals surface area contributed by atoms with Gasteiger partial charge in [-0.05, 0) is 37.5 Å². The normalized spacial score (nSPS) is 15.9. The van der Waals surface area contributed by atoms with Crippen LogP contribution in [0.2, 0.25) is 0 Å². The smallest absolute Gasteiger partial charge is 0.259 e. The second kappa shape index (κ2) is 11.4. The highest BCUT2D eigenvalue weighted by Gasteiger charge is 2.41. The van der Waals surface area contributed by atoms with Gasteiger partial charge in [-0.2, -0.15) is 5.10 Å². The molecule has 3 heterocycles. The monoisotopic (exact) mass is 529 g/mol. The van der Waals surface area contributed by atoms with Crippen LogP contribution in [-0.4, -0.2) is 62.2 Å². The molecular formula is C27H27N7O3S. The highest BCUT2D eigenvalue weighted by Crippen LogP contribution is 2.34. The van der Waals surface area contributed by atoms with Crippen molar-refractivity contribution < 1.29 is 14.4 Å². The Morgan fingerprint density at radius 3 is 2.66 bits per heavy atom. The number of aromatic amines is 1. The number of fused-ring (bicyclic) bond motifs is 3. The first kappa shape index (κ1) is 25.4. The van der Waals surface area contributed by atoms with Crippen molar-refractivity contribution in [2.24, 2.45) is 9.98 Å². The molecule has 0 saturated carbocycles. The molecule has 0 fully saturated rings. The second-order valence-electron chi connectivity index (χ2n) is 8.95. The third-order valence-corrected chi connectivity index (χ3v) is 7.02. The number of carbonyl (C=O) groups is 3. The molecule has 194 valence electrons. The van der Waals surface area contributed by atoms with Crippen molar-refractivity contribution in [2.75, 3.05) is 17.6 Å². The Morgan fingerprint density at radius 2 is 1.87 bits per heavy atom. The number of thioether (sulfide) groups is 1. The quantitative estimate of drug-likeness (QED) is 0.392. The van der Waals surface area contributed by atoms with Crippen molar-refractivity contribution in [3.05, 3.63) is 77.5 Å². The third kappa shape index (κ3) is 5.83. The average Bonchev–Trinajstić information content (AvgIpc) is 3.49. The van der Waals surface area contributed by atoms with Crippen molar-refractivity contribution >= 4 is 52.0 Å². The van der Waals surface area contributed by atoms with Gasteiger partial charge in [0.05, 0.1) is 11.4 Å². The minimum Gasteiger partial charge on any atom is -0.356 e. The summed E-state index contributed by atoms with van der Waals surface area (Å²) in [6, 6.07) is 18.4. The summed E-state index contributed by atoms with van der Waals surface area (Å²) in [6.45, 7) is 2.37. The number of amides is 3. The van der Waals surface area contributed by atoms with Crippen LogP contribution in [0.25, 0.3) is 0 Å². The topological polar surface area (TPSA) is 132 Å². The molecule has 38 heavy (non-hydrogen) atoms. The first-order valence-corrected chi connectivity index (χ1v) is 13.3. The summed E-state index contributed by atoms with van der Waals surface area (Å²) in [5.41, 5.74) is 3.41. The van der Waals surface area contributed by atoms with Gasteiger partial charge in [0.25, 0.3) is 5.91 Å². The van der Waals surface area contributed by atoms with Gasteiger partial charge < -0.3 is 10.6 Å². The molecule has 0 spiro atoms. The molecule has 1 unspecified atom stereocenters. The summed E-state index contributed by atoms with van der Waals surface area (Å²) in [5.74, 6) is 0.343. The Hall–Kier alpha value is -4.25. The predicted molar refractivity (Wildman–Crippen MR) is 148 cm³/mol. The van der Waals surface area contributed by atoms with E-state index in [1.165, 1.54) is 4.90 Å². The fourth-order valence-corrected chi connectivity index (χ4v) is 5.03. The molecule has 0 aliphatic carbocycles. The van der Waals surface area contributed by atoms with Crippen molar-refractivity contribution in [1.29, 1.82) is 0 Å². The maximum absolute atomic E-state index is 13.4. The van der Waals surface area contributed by atoms with E-state index in [4.69, 9.17) is 0 Å². The SMILES string of the molecule is Cc1cc(NC(=O)CSC2=Nc3ccccc3C3=NC(CCC(=O)NCCc4ccccc4)C(=O)N23)n[nH]1. The summed E-state index contributed by atoms with van der Waals surface area (Å²) < 4.78 is 0. The van der Waals surface area contributed by atoms with E-state index >= 15 is 0 Å². The number of nitrogens with one attached hydrogen (secondary N) is 3. The Balaban J connectivity index is 1.21. The Kier molecular flexibility index (Phi) is 7.64. The lowest BCUT2D eigenvalue weighted by molar-refractivity contribution is -0.125. The van der Waals surface area contributed by atoms with E-state index in [2.05, 4.69) is 30.8 Å². The Labute approximate surface area is 224 Å². The predicted octanol–water partition coefficient (Wildman–Crippen LogP) is 3.19. The van der Waals surface area contributed by atoms with Crippen LogP contribution in [0, 0.1) is 6.92 Å².